The first-order valence-corrected chi connectivity index (χ1v) is 6.71. The molecule has 0 spiro atoms. The molecule has 1 aliphatic rings. The van der Waals surface area contributed by atoms with Crippen molar-refractivity contribution in [2.75, 3.05) is 19.6 Å². The molecule has 0 bridgehead atoms. The molecular formula is C16H22N2. The van der Waals surface area contributed by atoms with Crippen LogP contribution in [0.3, 0.4) is 0 Å². The summed E-state index contributed by atoms with van der Waals surface area (Å²) in [6.45, 7) is 7.44. The molecule has 1 N–H and O–H groups in total. The minimum Gasteiger partial charge on any atom is -0.308 e. The number of terminal acetylenes is 1. The quantitative estimate of drug-likeness (QED) is 0.818. The molecule has 2 nitrogen and oxygen atoms in total. The summed E-state index contributed by atoms with van der Waals surface area (Å²) in [5.41, 5.74) is 1.35. The van der Waals surface area contributed by atoms with Gasteiger partial charge in [0.2, 0.25) is 0 Å². The number of nitrogens with zero attached hydrogens (tertiary/aromatic N) is 1. The Hall–Kier alpha value is -1.30. The SMILES string of the molecule is C#CC(C(C)C)N1CCNC(c2ccccc2)C1. The van der Waals surface area contributed by atoms with Gasteiger partial charge < -0.3 is 5.32 Å². The monoisotopic (exact) mass is 242 g/mol. The zero-order valence-electron chi connectivity index (χ0n) is 11.3. The van der Waals surface area contributed by atoms with E-state index in [0.717, 1.165) is 19.6 Å². The molecule has 18 heavy (non-hydrogen) atoms. The van der Waals surface area contributed by atoms with Crippen LogP contribution in [0.5, 0.6) is 0 Å². The second-order valence-electron chi connectivity index (χ2n) is 5.27. The van der Waals surface area contributed by atoms with Gasteiger partial charge in [0.05, 0.1) is 6.04 Å². The van der Waals surface area contributed by atoms with Crippen LogP contribution in [0.2, 0.25) is 0 Å². The number of hydrogen-bond acceptors (Lipinski definition) is 2. The molecule has 2 heteroatoms. The molecule has 1 aliphatic heterocycles. The van der Waals surface area contributed by atoms with E-state index in [9.17, 15) is 0 Å². The van der Waals surface area contributed by atoms with Gasteiger partial charge in [-0.15, -0.1) is 6.42 Å². The molecule has 0 aliphatic carbocycles. The third-order valence-corrected chi connectivity index (χ3v) is 3.60. The number of benzene rings is 1. The number of piperazine rings is 1. The summed E-state index contributed by atoms with van der Waals surface area (Å²) in [7, 11) is 0. The van der Waals surface area contributed by atoms with Crippen molar-refractivity contribution in [2.45, 2.75) is 25.9 Å². The van der Waals surface area contributed by atoms with E-state index in [4.69, 9.17) is 6.42 Å². The lowest BCUT2D eigenvalue weighted by Crippen LogP contribution is -2.51. The zero-order chi connectivity index (χ0) is 13.0. The van der Waals surface area contributed by atoms with Crippen molar-refractivity contribution in [3.05, 3.63) is 35.9 Å². The van der Waals surface area contributed by atoms with E-state index in [2.05, 4.69) is 60.3 Å². The standard InChI is InChI=1S/C16H22N2/c1-4-16(13(2)3)18-11-10-17-15(12-18)14-8-6-5-7-9-14/h1,5-9,13,15-17H,10-12H2,2-3H3. The van der Waals surface area contributed by atoms with Crippen LogP contribution in [-0.2, 0) is 0 Å². The lowest BCUT2D eigenvalue weighted by atomic mass is 9.99. The minimum absolute atomic E-state index is 0.248. The van der Waals surface area contributed by atoms with Crippen LogP contribution in [-0.4, -0.2) is 30.6 Å². The maximum atomic E-state index is 5.68. The first-order chi connectivity index (χ1) is 8.72. The van der Waals surface area contributed by atoms with Crippen molar-refractivity contribution in [3.63, 3.8) is 0 Å². The predicted molar refractivity (Wildman–Crippen MR) is 76.2 cm³/mol. The van der Waals surface area contributed by atoms with E-state index in [0.29, 0.717) is 12.0 Å². The lowest BCUT2D eigenvalue weighted by Gasteiger charge is -2.38. The molecule has 1 aromatic rings. The highest BCUT2D eigenvalue weighted by Crippen LogP contribution is 2.20. The summed E-state index contributed by atoms with van der Waals surface area (Å²) >= 11 is 0. The summed E-state index contributed by atoms with van der Waals surface area (Å²) in [5.74, 6) is 3.45. The Labute approximate surface area is 110 Å². The third kappa shape index (κ3) is 2.93. The van der Waals surface area contributed by atoms with Gasteiger partial charge in [-0.3, -0.25) is 4.90 Å². The topological polar surface area (TPSA) is 15.3 Å². The second-order valence-corrected chi connectivity index (χ2v) is 5.27. The van der Waals surface area contributed by atoms with Crippen LogP contribution in [0.25, 0.3) is 0 Å². The lowest BCUT2D eigenvalue weighted by molar-refractivity contribution is 0.146. The average Bonchev–Trinajstić information content (AvgIpc) is 2.40. The van der Waals surface area contributed by atoms with E-state index in [1.54, 1.807) is 0 Å². The van der Waals surface area contributed by atoms with Crippen molar-refractivity contribution < 1.29 is 0 Å². The number of rotatable bonds is 3. The van der Waals surface area contributed by atoms with Gasteiger partial charge in [0.1, 0.15) is 0 Å². The molecule has 0 aromatic heterocycles. The molecule has 2 rings (SSSR count). The molecule has 0 radical (unpaired) electrons. The summed E-state index contributed by atoms with van der Waals surface area (Å²) in [5, 5.41) is 3.57. The highest BCUT2D eigenvalue weighted by atomic mass is 15.2. The van der Waals surface area contributed by atoms with Crippen LogP contribution in [0.4, 0.5) is 0 Å². The molecular weight excluding hydrogens is 220 g/mol. The van der Waals surface area contributed by atoms with Gasteiger partial charge in [-0.05, 0) is 11.5 Å². The van der Waals surface area contributed by atoms with Gasteiger partial charge >= 0.3 is 0 Å². The first kappa shape index (κ1) is 13.1. The molecule has 0 amide bonds. The van der Waals surface area contributed by atoms with Gasteiger partial charge in [0.25, 0.3) is 0 Å². The molecule has 0 saturated carbocycles. The smallest absolute Gasteiger partial charge is 0.0736 e. The van der Waals surface area contributed by atoms with Crippen LogP contribution >= 0.6 is 0 Å². The van der Waals surface area contributed by atoms with E-state index in [1.807, 2.05) is 0 Å². The highest BCUT2D eigenvalue weighted by molar-refractivity contribution is 5.20. The van der Waals surface area contributed by atoms with Gasteiger partial charge in [-0.25, -0.2) is 0 Å². The van der Waals surface area contributed by atoms with Crippen molar-refractivity contribution in [1.82, 2.24) is 10.2 Å². The van der Waals surface area contributed by atoms with Crippen LogP contribution < -0.4 is 5.32 Å². The molecule has 2 atom stereocenters. The fourth-order valence-corrected chi connectivity index (χ4v) is 2.65. The summed E-state index contributed by atoms with van der Waals surface area (Å²) in [6.07, 6.45) is 5.68. The number of hydrogen-bond donors (Lipinski definition) is 1. The summed E-state index contributed by atoms with van der Waals surface area (Å²) < 4.78 is 0. The van der Waals surface area contributed by atoms with Gasteiger partial charge in [0, 0.05) is 25.7 Å². The average molecular weight is 242 g/mol. The van der Waals surface area contributed by atoms with Crippen molar-refractivity contribution >= 4 is 0 Å². The Balaban J connectivity index is 2.07. The Morgan fingerprint density at radius 1 is 1.33 bits per heavy atom. The van der Waals surface area contributed by atoms with E-state index in [-0.39, 0.29) is 6.04 Å². The molecule has 2 unspecified atom stereocenters. The highest BCUT2D eigenvalue weighted by Gasteiger charge is 2.26. The Morgan fingerprint density at radius 3 is 2.67 bits per heavy atom. The van der Waals surface area contributed by atoms with Gasteiger partial charge in [-0.2, -0.15) is 0 Å². The van der Waals surface area contributed by atoms with Crippen LogP contribution in [0.1, 0.15) is 25.5 Å². The fraction of sp³-hybridized carbons (Fsp3) is 0.500. The van der Waals surface area contributed by atoms with Gasteiger partial charge in [-0.1, -0.05) is 50.1 Å². The molecule has 96 valence electrons. The Morgan fingerprint density at radius 2 is 2.06 bits per heavy atom. The van der Waals surface area contributed by atoms with Crippen LogP contribution in [0.15, 0.2) is 30.3 Å². The molecule has 1 heterocycles. The zero-order valence-corrected chi connectivity index (χ0v) is 11.3. The van der Waals surface area contributed by atoms with E-state index < -0.39 is 0 Å². The van der Waals surface area contributed by atoms with Crippen molar-refractivity contribution in [1.29, 1.82) is 0 Å². The molecule has 1 saturated heterocycles. The second kappa shape index (κ2) is 6.04. The third-order valence-electron chi connectivity index (χ3n) is 3.60. The van der Waals surface area contributed by atoms with E-state index >= 15 is 0 Å². The van der Waals surface area contributed by atoms with Crippen LogP contribution in [0, 0.1) is 18.3 Å². The first-order valence-electron chi connectivity index (χ1n) is 6.71. The number of nitrogens with one attached hydrogen (secondary N) is 1. The summed E-state index contributed by atoms with van der Waals surface area (Å²) in [4.78, 5) is 2.43. The summed E-state index contributed by atoms with van der Waals surface area (Å²) in [6, 6.07) is 11.3. The Kier molecular flexibility index (Phi) is 4.41. The fourth-order valence-electron chi connectivity index (χ4n) is 2.65. The van der Waals surface area contributed by atoms with Gasteiger partial charge in [0.15, 0.2) is 0 Å². The predicted octanol–water partition coefficient (Wildman–Crippen LogP) is 2.29. The van der Waals surface area contributed by atoms with Crippen molar-refractivity contribution in [2.24, 2.45) is 5.92 Å². The molecule has 1 fully saturated rings. The largest absolute Gasteiger partial charge is 0.308 e. The normalized spacial score (nSPS) is 22.7. The Bertz CT molecular complexity index is 405. The van der Waals surface area contributed by atoms with E-state index in [1.165, 1.54) is 5.56 Å². The van der Waals surface area contributed by atoms with Crippen molar-refractivity contribution in [3.8, 4) is 12.3 Å². The maximum absolute atomic E-state index is 5.68. The minimum atomic E-state index is 0.248. The molecule has 1 aromatic carbocycles. The maximum Gasteiger partial charge on any atom is 0.0736 e.